The van der Waals surface area contributed by atoms with Crippen LogP contribution in [0.15, 0.2) is 30.3 Å². The molecule has 0 bridgehead atoms. The number of methoxy groups -OCH3 is 1. The van der Waals surface area contributed by atoms with Crippen molar-refractivity contribution in [3.05, 3.63) is 35.9 Å². The SMILES string of the molecule is COC(CN)C(=O)NCC(O)c1ccccc1. The highest BCUT2D eigenvalue weighted by atomic mass is 16.5. The van der Waals surface area contributed by atoms with Gasteiger partial charge in [0.2, 0.25) is 0 Å². The number of hydrogen-bond donors (Lipinski definition) is 3. The van der Waals surface area contributed by atoms with Gasteiger partial charge in [0.25, 0.3) is 5.91 Å². The molecule has 2 unspecified atom stereocenters. The minimum absolute atomic E-state index is 0.115. The van der Waals surface area contributed by atoms with Crippen molar-refractivity contribution in [2.75, 3.05) is 20.2 Å². The number of rotatable bonds is 6. The molecule has 0 saturated carbocycles. The van der Waals surface area contributed by atoms with Gasteiger partial charge in [-0.2, -0.15) is 0 Å². The van der Waals surface area contributed by atoms with E-state index in [-0.39, 0.29) is 19.0 Å². The van der Waals surface area contributed by atoms with Crippen LogP contribution in [0, 0.1) is 0 Å². The molecule has 1 aromatic carbocycles. The lowest BCUT2D eigenvalue weighted by atomic mass is 10.1. The van der Waals surface area contributed by atoms with Gasteiger partial charge < -0.3 is 20.9 Å². The Kier molecular flexibility index (Phi) is 5.62. The fourth-order valence-electron chi connectivity index (χ4n) is 1.41. The van der Waals surface area contributed by atoms with Gasteiger partial charge in [-0.25, -0.2) is 0 Å². The van der Waals surface area contributed by atoms with Gasteiger partial charge in [0.1, 0.15) is 6.10 Å². The maximum atomic E-state index is 11.5. The second kappa shape index (κ2) is 7.01. The number of nitrogens with two attached hydrogens (primary N) is 1. The summed E-state index contributed by atoms with van der Waals surface area (Å²) in [4.78, 5) is 11.5. The molecule has 5 heteroatoms. The first kappa shape index (κ1) is 13.6. The first-order valence-corrected chi connectivity index (χ1v) is 5.42. The molecule has 5 nitrogen and oxygen atoms in total. The standard InChI is InChI=1S/C12H18N2O3/c1-17-11(7-13)12(16)14-8-10(15)9-5-3-2-4-6-9/h2-6,10-11,15H,7-8,13H2,1H3,(H,14,16). The zero-order chi connectivity index (χ0) is 12.7. The quantitative estimate of drug-likeness (QED) is 0.641. The van der Waals surface area contributed by atoms with Crippen molar-refractivity contribution in [2.24, 2.45) is 5.73 Å². The molecule has 0 aliphatic heterocycles. The summed E-state index contributed by atoms with van der Waals surface area (Å²) in [5.74, 6) is -0.315. The topological polar surface area (TPSA) is 84.6 Å². The number of benzene rings is 1. The molecule has 1 rings (SSSR count). The molecule has 2 atom stereocenters. The highest BCUT2D eigenvalue weighted by Crippen LogP contribution is 2.10. The number of aliphatic hydroxyl groups excluding tert-OH is 1. The summed E-state index contributed by atoms with van der Waals surface area (Å²) >= 11 is 0. The fraction of sp³-hybridized carbons (Fsp3) is 0.417. The van der Waals surface area contributed by atoms with Gasteiger partial charge in [0.15, 0.2) is 0 Å². The Hall–Kier alpha value is -1.43. The first-order valence-electron chi connectivity index (χ1n) is 5.42. The lowest BCUT2D eigenvalue weighted by molar-refractivity contribution is -0.130. The zero-order valence-electron chi connectivity index (χ0n) is 9.80. The minimum atomic E-state index is -0.726. The molecule has 94 valence electrons. The highest BCUT2D eigenvalue weighted by molar-refractivity contribution is 5.81. The van der Waals surface area contributed by atoms with Crippen molar-refractivity contribution >= 4 is 5.91 Å². The predicted molar refractivity (Wildman–Crippen MR) is 64.3 cm³/mol. The predicted octanol–water partition coefficient (Wildman–Crippen LogP) is -0.190. The number of nitrogens with one attached hydrogen (secondary N) is 1. The van der Waals surface area contributed by atoms with Gasteiger partial charge in [-0.3, -0.25) is 4.79 Å². The van der Waals surface area contributed by atoms with Gasteiger partial charge >= 0.3 is 0 Å². The van der Waals surface area contributed by atoms with E-state index in [9.17, 15) is 9.90 Å². The molecule has 4 N–H and O–H groups in total. The van der Waals surface area contributed by atoms with E-state index in [1.54, 1.807) is 12.1 Å². The third-order valence-electron chi connectivity index (χ3n) is 2.45. The van der Waals surface area contributed by atoms with Crippen molar-refractivity contribution in [3.8, 4) is 0 Å². The Bertz CT molecular complexity index is 339. The van der Waals surface area contributed by atoms with Crippen LogP contribution in [-0.2, 0) is 9.53 Å². The van der Waals surface area contributed by atoms with Crippen LogP contribution in [-0.4, -0.2) is 37.3 Å². The van der Waals surface area contributed by atoms with Gasteiger partial charge in [0, 0.05) is 20.2 Å². The Labute approximate surface area is 101 Å². The van der Waals surface area contributed by atoms with E-state index in [1.165, 1.54) is 7.11 Å². The number of carbonyl (C=O) groups is 1. The van der Waals surface area contributed by atoms with Crippen molar-refractivity contribution in [1.29, 1.82) is 0 Å². The van der Waals surface area contributed by atoms with Crippen LogP contribution in [0.5, 0.6) is 0 Å². The normalized spacial score (nSPS) is 14.1. The maximum absolute atomic E-state index is 11.5. The van der Waals surface area contributed by atoms with Crippen LogP contribution >= 0.6 is 0 Å². The lowest BCUT2D eigenvalue weighted by Crippen LogP contribution is -2.42. The maximum Gasteiger partial charge on any atom is 0.250 e. The molecule has 0 saturated heterocycles. The van der Waals surface area contributed by atoms with Gasteiger partial charge in [-0.1, -0.05) is 30.3 Å². The summed E-state index contributed by atoms with van der Waals surface area (Å²) in [5.41, 5.74) is 6.11. The average Bonchev–Trinajstić information content (AvgIpc) is 2.38. The number of hydrogen-bond acceptors (Lipinski definition) is 4. The Morgan fingerprint density at radius 3 is 2.65 bits per heavy atom. The van der Waals surface area contributed by atoms with E-state index in [2.05, 4.69) is 5.32 Å². The van der Waals surface area contributed by atoms with Crippen molar-refractivity contribution in [1.82, 2.24) is 5.32 Å². The van der Waals surface area contributed by atoms with E-state index < -0.39 is 12.2 Å². The molecule has 0 aliphatic rings. The largest absolute Gasteiger partial charge is 0.387 e. The molecule has 0 aliphatic carbocycles. The summed E-state index contributed by atoms with van der Waals surface area (Å²) in [5, 5.41) is 12.4. The molecule has 1 aromatic rings. The van der Waals surface area contributed by atoms with E-state index in [0.29, 0.717) is 0 Å². The Morgan fingerprint density at radius 2 is 2.12 bits per heavy atom. The van der Waals surface area contributed by atoms with Crippen LogP contribution in [0.3, 0.4) is 0 Å². The second-order valence-corrected chi connectivity index (χ2v) is 3.63. The zero-order valence-corrected chi connectivity index (χ0v) is 9.80. The third-order valence-corrected chi connectivity index (χ3v) is 2.45. The molecule has 0 spiro atoms. The molecular weight excluding hydrogens is 220 g/mol. The molecule has 0 aromatic heterocycles. The summed E-state index contributed by atoms with van der Waals surface area (Å²) in [7, 11) is 1.42. The van der Waals surface area contributed by atoms with Crippen LogP contribution in [0.2, 0.25) is 0 Å². The third kappa shape index (κ3) is 4.14. The highest BCUT2D eigenvalue weighted by Gasteiger charge is 2.16. The van der Waals surface area contributed by atoms with E-state index in [0.717, 1.165) is 5.56 Å². The summed E-state index contributed by atoms with van der Waals surface area (Å²) in [6.45, 7) is 0.256. The molecule has 0 radical (unpaired) electrons. The first-order chi connectivity index (χ1) is 8.19. The molecule has 0 heterocycles. The Balaban J connectivity index is 2.43. The summed E-state index contributed by atoms with van der Waals surface area (Å²) in [6.07, 6.45) is -1.39. The van der Waals surface area contributed by atoms with Gasteiger partial charge in [-0.15, -0.1) is 0 Å². The number of ether oxygens (including phenoxy) is 1. The van der Waals surface area contributed by atoms with Crippen molar-refractivity contribution in [2.45, 2.75) is 12.2 Å². The van der Waals surface area contributed by atoms with Crippen LogP contribution in [0.25, 0.3) is 0 Å². The smallest absolute Gasteiger partial charge is 0.250 e. The molecule has 17 heavy (non-hydrogen) atoms. The number of aliphatic hydroxyl groups is 1. The summed E-state index contributed by atoms with van der Waals surface area (Å²) < 4.78 is 4.88. The number of carbonyl (C=O) groups excluding carboxylic acids is 1. The van der Waals surface area contributed by atoms with Crippen molar-refractivity contribution in [3.63, 3.8) is 0 Å². The van der Waals surface area contributed by atoms with Crippen LogP contribution in [0.1, 0.15) is 11.7 Å². The monoisotopic (exact) mass is 238 g/mol. The second-order valence-electron chi connectivity index (χ2n) is 3.63. The van der Waals surface area contributed by atoms with Crippen LogP contribution in [0.4, 0.5) is 0 Å². The Morgan fingerprint density at radius 1 is 1.47 bits per heavy atom. The number of amides is 1. The van der Waals surface area contributed by atoms with Crippen LogP contribution < -0.4 is 11.1 Å². The van der Waals surface area contributed by atoms with Gasteiger partial charge in [0.05, 0.1) is 6.10 Å². The molecule has 1 amide bonds. The molecule has 0 fully saturated rings. The molecular formula is C12H18N2O3. The van der Waals surface area contributed by atoms with E-state index in [4.69, 9.17) is 10.5 Å². The van der Waals surface area contributed by atoms with E-state index in [1.807, 2.05) is 18.2 Å². The van der Waals surface area contributed by atoms with Crippen molar-refractivity contribution < 1.29 is 14.6 Å². The lowest BCUT2D eigenvalue weighted by Gasteiger charge is -2.16. The van der Waals surface area contributed by atoms with E-state index >= 15 is 0 Å². The minimum Gasteiger partial charge on any atom is -0.387 e. The summed E-state index contributed by atoms with van der Waals surface area (Å²) in [6, 6.07) is 9.13. The van der Waals surface area contributed by atoms with Gasteiger partial charge in [-0.05, 0) is 5.56 Å². The fourth-order valence-corrected chi connectivity index (χ4v) is 1.41. The average molecular weight is 238 g/mol.